The third-order valence-corrected chi connectivity index (χ3v) is 3.44. The van der Waals surface area contributed by atoms with Crippen molar-refractivity contribution in [3.05, 3.63) is 35.4 Å². The first kappa shape index (κ1) is 13.4. The minimum atomic E-state index is -2.42. The Bertz CT molecular complexity index is 378. The molecule has 1 atom stereocenters. The summed E-state index contributed by atoms with van der Waals surface area (Å²) < 4.78 is 25.3. The molecule has 1 fully saturated rings. The van der Waals surface area contributed by atoms with E-state index in [4.69, 9.17) is 5.73 Å². The second-order valence-electron chi connectivity index (χ2n) is 4.95. The maximum Gasteiger partial charge on any atom is 0.263 e. The van der Waals surface area contributed by atoms with Gasteiger partial charge in [-0.15, -0.1) is 0 Å². The van der Waals surface area contributed by atoms with E-state index < -0.39 is 6.43 Å². The number of alkyl halides is 2. The number of rotatable bonds is 7. The summed E-state index contributed by atoms with van der Waals surface area (Å²) in [6.45, 7) is 1.34. The number of nitrogens with two attached hydrogens (primary N) is 1. The van der Waals surface area contributed by atoms with Gasteiger partial charge in [0.25, 0.3) is 6.43 Å². The van der Waals surface area contributed by atoms with Gasteiger partial charge in [-0.25, -0.2) is 8.78 Å². The molecule has 1 aliphatic rings. The second-order valence-corrected chi connectivity index (χ2v) is 4.95. The zero-order chi connectivity index (χ0) is 13.0. The standard InChI is InChI=1S/C14H20F2N2/c15-14(16)12-3-1-2-11(8-12)13(9-17)18-7-6-10-4-5-10/h1-3,8,10,13-14,18H,4-7,9,17H2. The molecule has 2 rings (SSSR count). The molecule has 4 heteroatoms. The highest BCUT2D eigenvalue weighted by Gasteiger charge is 2.21. The molecule has 1 aliphatic carbocycles. The van der Waals surface area contributed by atoms with Gasteiger partial charge in [0.05, 0.1) is 0 Å². The quantitative estimate of drug-likeness (QED) is 0.785. The average molecular weight is 254 g/mol. The van der Waals surface area contributed by atoms with Crippen LogP contribution in [0.3, 0.4) is 0 Å². The van der Waals surface area contributed by atoms with Crippen LogP contribution in [-0.4, -0.2) is 13.1 Å². The van der Waals surface area contributed by atoms with Gasteiger partial charge < -0.3 is 11.1 Å². The van der Waals surface area contributed by atoms with Gasteiger partial charge in [-0.3, -0.25) is 0 Å². The largest absolute Gasteiger partial charge is 0.329 e. The number of benzene rings is 1. The predicted octanol–water partition coefficient (Wildman–Crippen LogP) is 3.01. The predicted molar refractivity (Wildman–Crippen MR) is 68.5 cm³/mol. The van der Waals surface area contributed by atoms with E-state index in [0.29, 0.717) is 6.54 Å². The van der Waals surface area contributed by atoms with Crippen LogP contribution in [-0.2, 0) is 0 Å². The van der Waals surface area contributed by atoms with Crippen molar-refractivity contribution in [3.8, 4) is 0 Å². The lowest BCUT2D eigenvalue weighted by atomic mass is 10.0. The van der Waals surface area contributed by atoms with Crippen LogP contribution >= 0.6 is 0 Å². The minimum Gasteiger partial charge on any atom is -0.329 e. The molecule has 3 N–H and O–H groups in total. The van der Waals surface area contributed by atoms with Gasteiger partial charge in [0, 0.05) is 18.2 Å². The third kappa shape index (κ3) is 3.75. The summed E-state index contributed by atoms with van der Waals surface area (Å²) in [5.74, 6) is 0.864. The summed E-state index contributed by atoms with van der Waals surface area (Å²) >= 11 is 0. The summed E-state index contributed by atoms with van der Waals surface area (Å²) in [6.07, 6.45) is 1.39. The lowest BCUT2D eigenvalue weighted by Crippen LogP contribution is -2.29. The lowest BCUT2D eigenvalue weighted by Gasteiger charge is -2.18. The Hall–Kier alpha value is -1.00. The topological polar surface area (TPSA) is 38.0 Å². The van der Waals surface area contributed by atoms with E-state index in [0.717, 1.165) is 24.4 Å². The normalized spacial score (nSPS) is 17.1. The van der Waals surface area contributed by atoms with E-state index in [1.807, 2.05) is 6.07 Å². The summed E-state index contributed by atoms with van der Waals surface area (Å²) in [5, 5.41) is 3.35. The van der Waals surface area contributed by atoms with Crippen molar-refractivity contribution < 1.29 is 8.78 Å². The summed E-state index contributed by atoms with van der Waals surface area (Å²) in [7, 11) is 0. The van der Waals surface area contributed by atoms with Crippen LogP contribution in [0.1, 0.15) is 42.9 Å². The number of halogens is 2. The molecule has 2 nitrogen and oxygen atoms in total. The molecule has 18 heavy (non-hydrogen) atoms. The Morgan fingerprint density at radius 1 is 1.28 bits per heavy atom. The van der Waals surface area contributed by atoms with E-state index >= 15 is 0 Å². The lowest BCUT2D eigenvalue weighted by molar-refractivity contribution is 0.151. The molecule has 100 valence electrons. The molecular weight excluding hydrogens is 234 g/mol. The molecule has 0 radical (unpaired) electrons. The Morgan fingerprint density at radius 2 is 2.00 bits per heavy atom. The Kier molecular flexibility index (Phi) is 4.66. The summed E-state index contributed by atoms with van der Waals surface area (Å²) in [5.41, 5.74) is 6.63. The second kappa shape index (κ2) is 6.25. The average Bonchev–Trinajstić information content (AvgIpc) is 3.19. The minimum absolute atomic E-state index is 0.0255. The summed E-state index contributed by atoms with van der Waals surface area (Å²) in [6, 6.07) is 6.50. The highest BCUT2D eigenvalue weighted by Crippen LogP contribution is 2.32. The van der Waals surface area contributed by atoms with Crippen molar-refractivity contribution in [1.82, 2.24) is 5.32 Å². The van der Waals surface area contributed by atoms with Gasteiger partial charge >= 0.3 is 0 Å². The first-order chi connectivity index (χ1) is 8.70. The maximum absolute atomic E-state index is 12.6. The highest BCUT2D eigenvalue weighted by atomic mass is 19.3. The molecular formula is C14H20F2N2. The SMILES string of the molecule is NCC(NCCC1CC1)c1cccc(C(F)F)c1. The Labute approximate surface area is 107 Å². The van der Waals surface area contributed by atoms with Crippen molar-refractivity contribution in [2.24, 2.45) is 11.7 Å². The fourth-order valence-electron chi connectivity index (χ4n) is 2.12. The monoisotopic (exact) mass is 254 g/mol. The smallest absolute Gasteiger partial charge is 0.263 e. The van der Waals surface area contributed by atoms with Crippen molar-refractivity contribution in [2.75, 3.05) is 13.1 Å². The zero-order valence-corrected chi connectivity index (χ0v) is 10.4. The highest BCUT2D eigenvalue weighted by molar-refractivity contribution is 5.27. The van der Waals surface area contributed by atoms with Crippen molar-refractivity contribution >= 4 is 0 Å². The van der Waals surface area contributed by atoms with E-state index in [1.54, 1.807) is 12.1 Å². The van der Waals surface area contributed by atoms with Crippen molar-refractivity contribution in [3.63, 3.8) is 0 Å². The number of nitrogens with one attached hydrogen (secondary N) is 1. The Balaban J connectivity index is 1.94. The van der Waals surface area contributed by atoms with Crippen LogP contribution in [0, 0.1) is 5.92 Å². The van der Waals surface area contributed by atoms with Crippen LogP contribution in [0.4, 0.5) is 8.78 Å². The first-order valence-electron chi connectivity index (χ1n) is 6.52. The van der Waals surface area contributed by atoms with E-state index in [9.17, 15) is 8.78 Å². The molecule has 0 heterocycles. The van der Waals surface area contributed by atoms with Crippen LogP contribution in [0.5, 0.6) is 0 Å². The molecule has 0 amide bonds. The molecule has 1 aromatic carbocycles. The molecule has 1 saturated carbocycles. The Morgan fingerprint density at radius 3 is 2.61 bits per heavy atom. The van der Waals surface area contributed by atoms with Crippen LogP contribution in [0.15, 0.2) is 24.3 Å². The molecule has 0 aliphatic heterocycles. The molecule has 0 saturated heterocycles. The van der Waals surface area contributed by atoms with Gasteiger partial charge in [0.15, 0.2) is 0 Å². The third-order valence-electron chi connectivity index (χ3n) is 3.44. The molecule has 1 aromatic rings. The van der Waals surface area contributed by atoms with Crippen molar-refractivity contribution in [1.29, 1.82) is 0 Å². The van der Waals surface area contributed by atoms with Gasteiger partial charge in [-0.2, -0.15) is 0 Å². The number of hydrogen-bond donors (Lipinski definition) is 2. The van der Waals surface area contributed by atoms with E-state index in [2.05, 4.69) is 5.32 Å². The van der Waals surface area contributed by atoms with Crippen molar-refractivity contribution in [2.45, 2.75) is 31.7 Å². The molecule has 0 bridgehead atoms. The van der Waals surface area contributed by atoms with Crippen LogP contribution in [0.25, 0.3) is 0 Å². The molecule has 1 unspecified atom stereocenters. The summed E-state index contributed by atoms with van der Waals surface area (Å²) in [4.78, 5) is 0. The van der Waals surface area contributed by atoms with Gasteiger partial charge in [-0.05, 0) is 30.5 Å². The van der Waals surface area contributed by atoms with Crippen LogP contribution < -0.4 is 11.1 Å². The van der Waals surface area contributed by atoms with E-state index in [-0.39, 0.29) is 11.6 Å². The van der Waals surface area contributed by atoms with Gasteiger partial charge in [0.2, 0.25) is 0 Å². The van der Waals surface area contributed by atoms with E-state index in [1.165, 1.54) is 18.9 Å². The number of hydrogen-bond acceptors (Lipinski definition) is 2. The van der Waals surface area contributed by atoms with Gasteiger partial charge in [0.1, 0.15) is 0 Å². The first-order valence-corrected chi connectivity index (χ1v) is 6.52. The maximum atomic E-state index is 12.6. The fraction of sp³-hybridized carbons (Fsp3) is 0.571. The zero-order valence-electron chi connectivity index (χ0n) is 10.4. The molecule has 0 aromatic heterocycles. The fourth-order valence-corrected chi connectivity index (χ4v) is 2.12. The molecule has 0 spiro atoms. The van der Waals surface area contributed by atoms with Crippen LogP contribution in [0.2, 0.25) is 0 Å². The van der Waals surface area contributed by atoms with Gasteiger partial charge in [-0.1, -0.05) is 31.0 Å².